The summed E-state index contributed by atoms with van der Waals surface area (Å²) in [6.45, 7) is 3.68. The van der Waals surface area contributed by atoms with E-state index in [9.17, 15) is 9.59 Å². The molecule has 0 radical (unpaired) electrons. The topological polar surface area (TPSA) is 142 Å². The van der Waals surface area contributed by atoms with Crippen molar-refractivity contribution in [3.63, 3.8) is 0 Å². The third kappa shape index (κ3) is 5.95. The summed E-state index contributed by atoms with van der Waals surface area (Å²) in [6.07, 6.45) is 4.16. The molecule has 12 nitrogen and oxygen atoms in total. The molecule has 2 aliphatic heterocycles. The van der Waals surface area contributed by atoms with Gasteiger partial charge in [-0.3, -0.25) is 9.59 Å². The number of rotatable bonds is 4. The normalized spacial score (nSPS) is 19.9. The lowest BCUT2D eigenvalue weighted by molar-refractivity contribution is 0.0227. The van der Waals surface area contributed by atoms with Gasteiger partial charge in [0.25, 0.3) is 11.8 Å². The number of ether oxygens (including phenoxy) is 2. The van der Waals surface area contributed by atoms with Crippen LogP contribution in [-0.4, -0.2) is 80.3 Å². The number of nitrogens with two attached hydrogens (primary N) is 1. The lowest BCUT2D eigenvalue weighted by atomic mass is 10.0. The number of pyridine rings is 2. The number of imidazole rings is 1. The molecular formula is C40H44N8O4. The van der Waals surface area contributed by atoms with E-state index in [2.05, 4.69) is 28.1 Å². The molecule has 2 aromatic carbocycles. The van der Waals surface area contributed by atoms with Crippen molar-refractivity contribution >= 4 is 44.8 Å². The van der Waals surface area contributed by atoms with E-state index >= 15 is 0 Å². The zero-order valence-electron chi connectivity index (χ0n) is 30.1. The number of para-hydroxylation sites is 1. The maximum Gasteiger partial charge on any atom is 0.270 e. The number of methoxy groups -OCH3 is 2. The van der Waals surface area contributed by atoms with E-state index in [0.29, 0.717) is 42.0 Å². The fourth-order valence-corrected chi connectivity index (χ4v) is 7.88. The first-order valence-electron chi connectivity index (χ1n) is 18.1. The monoisotopic (exact) mass is 700 g/mol. The van der Waals surface area contributed by atoms with Crippen molar-refractivity contribution < 1.29 is 19.1 Å². The third-order valence-corrected chi connectivity index (χ3v) is 10.7. The van der Waals surface area contributed by atoms with Crippen molar-refractivity contribution in [2.24, 2.45) is 12.8 Å². The second kappa shape index (κ2) is 13.7. The Morgan fingerprint density at radius 3 is 2.60 bits per heavy atom. The molecule has 12 heteroatoms. The summed E-state index contributed by atoms with van der Waals surface area (Å²) in [4.78, 5) is 44.3. The Bertz CT molecular complexity index is 2350. The van der Waals surface area contributed by atoms with Crippen LogP contribution in [0.1, 0.15) is 70.8 Å². The fourth-order valence-electron chi connectivity index (χ4n) is 7.88. The van der Waals surface area contributed by atoms with Crippen LogP contribution in [0, 0.1) is 0 Å². The van der Waals surface area contributed by atoms with Gasteiger partial charge in [0.05, 0.1) is 41.7 Å². The number of hydrogen-bond acceptors (Lipinski definition) is 8. The maximum atomic E-state index is 13.7. The van der Waals surface area contributed by atoms with Crippen LogP contribution in [0.15, 0.2) is 60.7 Å². The van der Waals surface area contributed by atoms with Crippen molar-refractivity contribution in [3.8, 4) is 17.3 Å². The Morgan fingerprint density at radius 2 is 1.79 bits per heavy atom. The summed E-state index contributed by atoms with van der Waals surface area (Å²) in [6, 6.07) is 19.2. The molecule has 6 aromatic rings. The van der Waals surface area contributed by atoms with Crippen LogP contribution < -0.4 is 15.8 Å². The smallest absolute Gasteiger partial charge is 0.270 e. The molecule has 2 amide bonds. The van der Waals surface area contributed by atoms with Crippen LogP contribution in [0.5, 0.6) is 5.75 Å². The van der Waals surface area contributed by atoms with Gasteiger partial charge in [-0.1, -0.05) is 24.6 Å². The Morgan fingerprint density at radius 1 is 0.942 bits per heavy atom. The molecule has 1 saturated heterocycles. The largest absolute Gasteiger partial charge is 0.494 e. The summed E-state index contributed by atoms with van der Waals surface area (Å²) in [5.74, 6) is 1.01. The van der Waals surface area contributed by atoms with Gasteiger partial charge in [-0.25, -0.2) is 15.0 Å². The van der Waals surface area contributed by atoms with Crippen molar-refractivity contribution in [2.75, 3.05) is 27.3 Å². The summed E-state index contributed by atoms with van der Waals surface area (Å²) in [5, 5.41) is 5.18. The van der Waals surface area contributed by atoms with Crippen LogP contribution in [0.3, 0.4) is 0 Å². The molecule has 2 aliphatic rings. The van der Waals surface area contributed by atoms with Gasteiger partial charge in [-0.15, -0.1) is 0 Å². The number of carbonyl (C=O) groups excluding carboxylic acids is 2. The molecule has 4 aromatic heterocycles. The Hall–Kier alpha value is -5.33. The lowest BCUT2D eigenvalue weighted by Gasteiger charge is -2.36. The maximum absolute atomic E-state index is 13.7. The highest BCUT2D eigenvalue weighted by Crippen LogP contribution is 2.35. The number of benzene rings is 2. The van der Waals surface area contributed by atoms with Crippen molar-refractivity contribution in [3.05, 3.63) is 83.2 Å². The summed E-state index contributed by atoms with van der Waals surface area (Å²) >= 11 is 0. The second-order valence-electron chi connectivity index (χ2n) is 14.0. The Balaban J connectivity index is 1.16. The van der Waals surface area contributed by atoms with Gasteiger partial charge >= 0.3 is 0 Å². The van der Waals surface area contributed by atoms with Gasteiger partial charge in [0.1, 0.15) is 22.6 Å². The van der Waals surface area contributed by atoms with Crippen LogP contribution in [0.2, 0.25) is 0 Å². The fraction of sp³-hybridized carbons (Fsp3) is 0.375. The summed E-state index contributed by atoms with van der Waals surface area (Å²) < 4.78 is 15.6. The third-order valence-electron chi connectivity index (χ3n) is 10.7. The molecule has 1 fully saturated rings. The molecular weight excluding hydrogens is 656 g/mol. The first-order chi connectivity index (χ1) is 25.2. The highest BCUT2D eigenvalue weighted by atomic mass is 16.5. The van der Waals surface area contributed by atoms with Gasteiger partial charge in [-0.2, -0.15) is 0 Å². The number of aromatic nitrogens is 5. The Kier molecular flexibility index (Phi) is 8.88. The minimum absolute atomic E-state index is 0.0646. The van der Waals surface area contributed by atoms with Gasteiger partial charge in [0.15, 0.2) is 5.82 Å². The predicted molar refractivity (Wildman–Crippen MR) is 200 cm³/mol. The van der Waals surface area contributed by atoms with Crippen LogP contribution >= 0.6 is 0 Å². The average Bonchev–Trinajstić information content (AvgIpc) is 3.69. The van der Waals surface area contributed by atoms with Crippen LogP contribution in [-0.2, 0) is 24.8 Å². The van der Waals surface area contributed by atoms with E-state index in [0.717, 1.165) is 82.5 Å². The molecule has 0 spiro atoms. The number of carbonyl (C=O) groups is 2. The van der Waals surface area contributed by atoms with E-state index in [1.807, 2.05) is 54.9 Å². The molecule has 3 N–H and O–H groups in total. The molecule has 3 atom stereocenters. The number of likely N-dealkylation sites (tertiary alicyclic amines) is 1. The molecule has 0 aliphatic carbocycles. The molecule has 52 heavy (non-hydrogen) atoms. The van der Waals surface area contributed by atoms with E-state index < -0.39 is 0 Å². The number of aryl methyl sites for hydroxylation is 3. The van der Waals surface area contributed by atoms with Gasteiger partial charge in [0.2, 0.25) is 0 Å². The minimum Gasteiger partial charge on any atom is -0.494 e. The number of nitrogens with zero attached hydrogens (tertiary/aromatic N) is 6. The van der Waals surface area contributed by atoms with Gasteiger partial charge in [-0.05, 0) is 80.6 Å². The zero-order valence-corrected chi connectivity index (χ0v) is 30.1. The summed E-state index contributed by atoms with van der Waals surface area (Å²) in [7, 11) is 5.25. The number of piperidine rings is 1. The quantitative estimate of drug-likeness (QED) is 0.244. The number of amides is 2. The number of nitrogens with one attached hydrogen (secondary N) is 1. The number of hydrogen-bond donors (Lipinski definition) is 2. The van der Waals surface area contributed by atoms with E-state index in [1.54, 1.807) is 25.2 Å². The first-order valence-corrected chi connectivity index (χ1v) is 18.1. The SMILES string of the molecule is COc1cc(C(=O)N2CC[C@@H](OC)[C@@H](N)C2)cc2nc(-c3cc4ccc5nc4n3CCCCCc3cc4ccccc4nc3C(=O)N[C@@H]5C)n(C)c12. The molecule has 0 saturated carbocycles. The average molecular weight is 701 g/mol. The number of fused-ring (bicyclic) bond motifs is 4. The van der Waals surface area contributed by atoms with E-state index in [1.165, 1.54) is 0 Å². The first kappa shape index (κ1) is 33.8. The van der Waals surface area contributed by atoms with Gasteiger partial charge in [0, 0.05) is 56.2 Å². The minimum atomic E-state index is -0.349. The van der Waals surface area contributed by atoms with Crippen LogP contribution in [0.25, 0.3) is 44.5 Å². The van der Waals surface area contributed by atoms with Crippen LogP contribution in [0.4, 0.5) is 0 Å². The predicted octanol–water partition coefficient (Wildman–Crippen LogP) is 5.55. The van der Waals surface area contributed by atoms with Crippen molar-refractivity contribution in [2.45, 2.75) is 63.8 Å². The lowest BCUT2D eigenvalue weighted by Crippen LogP contribution is -2.53. The molecule has 0 unspecified atom stereocenters. The second-order valence-corrected chi connectivity index (χ2v) is 14.0. The molecule has 8 rings (SSSR count). The van der Waals surface area contributed by atoms with Crippen molar-refractivity contribution in [1.29, 1.82) is 0 Å². The zero-order chi connectivity index (χ0) is 36.1. The molecule has 2 bridgehead atoms. The highest BCUT2D eigenvalue weighted by molar-refractivity contribution is 6.00. The highest BCUT2D eigenvalue weighted by Gasteiger charge is 2.31. The van der Waals surface area contributed by atoms with Gasteiger partial charge < -0.3 is 34.6 Å². The molecule has 268 valence electrons. The van der Waals surface area contributed by atoms with E-state index in [-0.39, 0.29) is 30.0 Å². The Labute approximate surface area is 301 Å². The van der Waals surface area contributed by atoms with Crippen molar-refractivity contribution in [1.82, 2.24) is 34.3 Å². The molecule has 6 heterocycles. The standard InChI is InChI=1S/C40H44N8O4/c1-23-29-14-13-26-20-32(38-45-31-19-27(21-34(52-4)36(31)46(38)2)40(50)47-17-15-33(51-3)28(41)22-47)48(37(26)44-29)16-9-5-6-11-25-18-24-10-7-8-12-30(24)43-35(25)39(49)42-23/h7-8,10,12-14,18-21,23,28,33H,5-6,9,11,15-17,22,41H2,1-4H3,(H,42,49)/t23-,28+,33-/m1/s1. The van der Waals surface area contributed by atoms with E-state index in [4.69, 9.17) is 30.2 Å². The summed E-state index contributed by atoms with van der Waals surface area (Å²) in [5.41, 5.74) is 13.1.